The molecule has 0 aromatic carbocycles. The normalized spacial score (nSPS) is 17.7. The molecule has 1 aliphatic heterocycles. The third-order valence-electron chi connectivity index (χ3n) is 7.05. The summed E-state index contributed by atoms with van der Waals surface area (Å²) in [6.07, 6.45) is 4.26. The second-order valence-corrected chi connectivity index (χ2v) is 14.2. The van der Waals surface area contributed by atoms with Gasteiger partial charge in [0.1, 0.15) is 5.82 Å². The lowest BCUT2D eigenvalue weighted by Gasteiger charge is -2.22. The first-order valence-electron chi connectivity index (χ1n) is 13.5. The van der Waals surface area contributed by atoms with Crippen LogP contribution in [-0.2, 0) is 15.4 Å². The second kappa shape index (κ2) is 12.0. The zero-order chi connectivity index (χ0) is 30.0. The number of carbonyl (C=O) groups is 1. The van der Waals surface area contributed by atoms with Gasteiger partial charge in [-0.3, -0.25) is 9.78 Å². The topological polar surface area (TPSA) is 126 Å². The fourth-order valence-corrected chi connectivity index (χ4v) is 5.90. The maximum Gasteiger partial charge on any atom is 0.281 e. The highest BCUT2D eigenvalue weighted by molar-refractivity contribution is 7.90. The van der Waals surface area contributed by atoms with E-state index in [2.05, 4.69) is 39.4 Å². The Balaban J connectivity index is 1.51. The second-order valence-electron chi connectivity index (χ2n) is 12.1. The number of anilines is 1. The number of nitrogens with zero attached hydrogens (tertiary/aromatic N) is 3. The van der Waals surface area contributed by atoms with Crippen LogP contribution >= 0.6 is 11.6 Å². The van der Waals surface area contributed by atoms with Crippen molar-refractivity contribution in [2.75, 3.05) is 11.9 Å². The SMILES string of the molecule is CC1(C)C[C@H](CCC(Nc2cccc(S(=O)(=O)NC(=O)c3ccc(C(C)(C)C)nc3F)n2)c2ccc(Cl)cn2)CN1. The number of carbonyl (C=O) groups excluding carboxylic acids is 1. The average molecular weight is 603 g/mol. The molecule has 12 heteroatoms. The lowest BCUT2D eigenvalue weighted by molar-refractivity contribution is 0.0976. The summed E-state index contributed by atoms with van der Waals surface area (Å²) in [5, 5.41) is 6.96. The number of hydrogen-bond acceptors (Lipinski definition) is 8. The van der Waals surface area contributed by atoms with E-state index in [9.17, 15) is 17.6 Å². The van der Waals surface area contributed by atoms with E-state index in [-0.39, 0.29) is 22.4 Å². The first-order valence-corrected chi connectivity index (χ1v) is 15.3. The lowest BCUT2D eigenvalue weighted by atomic mass is 9.91. The summed E-state index contributed by atoms with van der Waals surface area (Å²) in [5.41, 5.74) is 0.351. The van der Waals surface area contributed by atoms with Gasteiger partial charge in [0.15, 0.2) is 5.03 Å². The van der Waals surface area contributed by atoms with Gasteiger partial charge >= 0.3 is 0 Å². The largest absolute Gasteiger partial charge is 0.362 e. The third-order valence-corrected chi connectivity index (χ3v) is 8.50. The Bertz CT molecular complexity index is 1510. The van der Waals surface area contributed by atoms with Crippen LogP contribution in [0.5, 0.6) is 0 Å². The fourth-order valence-electron chi connectivity index (χ4n) is 4.85. The Morgan fingerprint density at radius 3 is 2.54 bits per heavy atom. The molecule has 4 rings (SSSR count). The summed E-state index contributed by atoms with van der Waals surface area (Å²) in [6.45, 7) is 10.9. The molecule has 0 bridgehead atoms. The highest BCUT2D eigenvalue weighted by Gasteiger charge is 2.31. The minimum absolute atomic E-state index is 0.0917. The van der Waals surface area contributed by atoms with E-state index < -0.39 is 32.9 Å². The monoisotopic (exact) mass is 602 g/mol. The third kappa shape index (κ3) is 7.99. The molecule has 41 heavy (non-hydrogen) atoms. The number of pyridine rings is 3. The fraction of sp³-hybridized carbons (Fsp3) is 0.448. The van der Waals surface area contributed by atoms with Crippen molar-refractivity contribution in [2.45, 2.75) is 75.9 Å². The summed E-state index contributed by atoms with van der Waals surface area (Å²) >= 11 is 6.05. The molecule has 0 aliphatic carbocycles. The van der Waals surface area contributed by atoms with Gasteiger partial charge in [-0.1, -0.05) is 38.4 Å². The Morgan fingerprint density at radius 2 is 1.93 bits per heavy atom. The number of aromatic nitrogens is 3. The molecule has 3 N–H and O–H groups in total. The van der Waals surface area contributed by atoms with Crippen molar-refractivity contribution in [1.82, 2.24) is 25.0 Å². The van der Waals surface area contributed by atoms with Crippen LogP contribution in [0, 0.1) is 11.9 Å². The maximum atomic E-state index is 14.6. The zero-order valence-corrected chi connectivity index (χ0v) is 25.4. The molecule has 1 fully saturated rings. The Hall–Kier alpha value is -3.15. The van der Waals surface area contributed by atoms with E-state index in [4.69, 9.17) is 11.6 Å². The molecule has 220 valence electrons. The van der Waals surface area contributed by atoms with Gasteiger partial charge in [0, 0.05) is 22.8 Å². The van der Waals surface area contributed by atoms with Crippen LogP contribution < -0.4 is 15.4 Å². The summed E-state index contributed by atoms with van der Waals surface area (Å²) in [6, 6.07) is 10.5. The first-order chi connectivity index (χ1) is 19.1. The van der Waals surface area contributed by atoms with Crippen LogP contribution in [0.4, 0.5) is 10.2 Å². The molecule has 4 heterocycles. The van der Waals surface area contributed by atoms with Gasteiger partial charge in [0.2, 0.25) is 5.95 Å². The summed E-state index contributed by atoms with van der Waals surface area (Å²) in [4.78, 5) is 25.3. The van der Waals surface area contributed by atoms with Gasteiger partial charge in [-0.2, -0.15) is 12.8 Å². The summed E-state index contributed by atoms with van der Waals surface area (Å²) < 4.78 is 42.6. The van der Waals surface area contributed by atoms with Crippen LogP contribution in [-0.4, -0.2) is 41.4 Å². The number of nitrogens with one attached hydrogen (secondary N) is 3. The van der Waals surface area contributed by atoms with Gasteiger partial charge in [-0.15, -0.1) is 0 Å². The lowest BCUT2D eigenvalue weighted by Crippen LogP contribution is -2.32. The summed E-state index contributed by atoms with van der Waals surface area (Å²) in [7, 11) is -4.42. The van der Waals surface area contributed by atoms with E-state index in [0.29, 0.717) is 16.6 Å². The van der Waals surface area contributed by atoms with Gasteiger partial charge in [0.05, 0.1) is 22.3 Å². The average Bonchev–Trinajstić information content (AvgIpc) is 3.24. The van der Waals surface area contributed by atoms with Gasteiger partial charge in [-0.05, 0) is 82.0 Å². The van der Waals surface area contributed by atoms with Crippen LogP contribution in [0.3, 0.4) is 0 Å². The quantitative estimate of drug-likeness (QED) is 0.278. The molecule has 0 spiro atoms. The van der Waals surface area contributed by atoms with Gasteiger partial charge in [-0.25, -0.2) is 14.7 Å². The standard InChI is InChI=1S/C29H36ClFN6O3S/c1-28(2,3)23-14-11-20(26(31)35-23)27(38)37-41(39,40)25-8-6-7-24(36-25)34-22(21-13-10-19(30)17-32-21)12-9-18-15-29(4,5)33-16-18/h6-8,10-11,13-14,17-18,22,33H,9,12,15-16H2,1-5H3,(H,34,36)(H,37,38)/t18-,22?/m0/s1. The maximum absolute atomic E-state index is 14.6. The predicted molar refractivity (Wildman–Crippen MR) is 157 cm³/mol. The summed E-state index contributed by atoms with van der Waals surface area (Å²) in [5.74, 6) is -1.40. The van der Waals surface area contributed by atoms with Crippen molar-refractivity contribution in [3.8, 4) is 0 Å². The van der Waals surface area contributed by atoms with Crippen molar-refractivity contribution in [1.29, 1.82) is 0 Å². The van der Waals surface area contributed by atoms with Crippen molar-refractivity contribution in [3.63, 3.8) is 0 Å². The zero-order valence-electron chi connectivity index (χ0n) is 23.8. The molecule has 0 saturated carbocycles. The Labute approximate surface area is 245 Å². The highest BCUT2D eigenvalue weighted by atomic mass is 35.5. The van der Waals surface area contributed by atoms with Crippen LogP contribution in [0.25, 0.3) is 0 Å². The van der Waals surface area contributed by atoms with Crippen molar-refractivity contribution >= 4 is 33.3 Å². The number of rotatable bonds is 9. The van der Waals surface area contributed by atoms with Crippen molar-refractivity contribution in [3.05, 3.63) is 76.6 Å². The first kappa shape index (κ1) is 30.8. The predicted octanol–water partition coefficient (Wildman–Crippen LogP) is 5.40. The molecule has 1 unspecified atom stereocenters. The number of amides is 1. The van der Waals surface area contributed by atoms with E-state index in [1.807, 2.05) is 31.6 Å². The smallest absolute Gasteiger partial charge is 0.281 e. The van der Waals surface area contributed by atoms with Crippen molar-refractivity contribution in [2.24, 2.45) is 5.92 Å². The van der Waals surface area contributed by atoms with Crippen molar-refractivity contribution < 1.29 is 17.6 Å². The van der Waals surface area contributed by atoms with Crippen LogP contribution in [0.2, 0.25) is 5.02 Å². The minimum Gasteiger partial charge on any atom is -0.362 e. The molecular formula is C29H36ClFN6O3S. The molecule has 2 atom stereocenters. The Morgan fingerprint density at radius 1 is 1.17 bits per heavy atom. The molecule has 0 radical (unpaired) electrons. The minimum atomic E-state index is -4.42. The molecule has 1 saturated heterocycles. The highest BCUT2D eigenvalue weighted by Crippen LogP contribution is 2.31. The molecule has 9 nitrogen and oxygen atoms in total. The molecular weight excluding hydrogens is 567 g/mol. The van der Waals surface area contributed by atoms with E-state index in [0.717, 1.165) is 31.5 Å². The molecule has 3 aromatic heterocycles. The molecule has 1 aliphatic rings. The molecule has 3 aromatic rings. The Kier molecular flexibility index (Phi) is 9.01. The van der Waals surface area contributed by atoms with E-state index in [1.165, 1.54) is 24.3 Å². The van der Waals surface area contributed by atoms with Gasteiger partial charge < -0.3 is 10.6 Å². The van der Waals surface area contributed by atoms with Gasteiger partial charge in [0.25, 0.3) is 15.9 Å². The number of sulfonamides is 1. The van der Waals surface area contributed by atoms with E-state index >= 15 is 0 Å². The van der Waals surface area contributed by atoms with Crippen LogP contribution in [0.1, 0.15) is 81.7 Å². The molecule has 1 amide bonds. The van der Waals surface area contributed by atoms with E-state index in [1.54, 1.807) is 18.3 Å². The number of halogens is 2. The van der Waals surface area contributed by atoms with Crippen LogP contribution in [0.15, 0.2) is 53.7 Å². The number of hydrogen-bond donors (Lipinski definition) is 3.